The summed E-state index contributed by atoms with van der Waals surface area (Å²) in [4.78, 5) is 13.9. The van der Waals surface area contributed by atoms with Gasteiger partial charge in [0.05, 0.1) is 20.6 Å². The van der Waals surface area contributed by atoms with Gasteiger partial charge < -0.3 is 4.48 Å². The smallest absolute Gasteiger partial charge is 0.226 e. The first-order valence-corrected chi connectivity index (χ1v) is 14.6. The zero-order valence-electron chi connectivity index (χ0n) is 22.5. The van der Waals surface area contributed by atoms with Crippen molar-refractivity contribution < 1.29 is 9.28 Å². The molecular formula is C29H59N2O+. The van der Waals surface area contributed by atoms with E-state index in [0.717, 1.165) is 30.5 Å². The number of nitrogens with zero attached hydrogens (tertiary/aromatic N) is 2. The van der Waals surface area contributed by atoms with Crippen molar-refractivity contribution in [3.05, 3.63) is 0 Å². The van der Waals surface area contributed by atoms with Crippen LogP contribution in [0.3, 0.4) is 0 Å². The normalized spacial score (nSPS) is 14.6. The van der Waals surface area contributed by atoms with Gasteiger partial charge in [0.2, 0.25) is 5.91 Å². The molecule has 3 heteroatoms. The molecule has 32 heavy (non-hydrogen) atoms. The summed E-state index contributed by atoms with van der Waals surface area (Å²) in [5.74, 6) is 0.361. The Morgan fingerprint density at radius 2 is 1.00 bits per heavy atom. The van der Waals surface area contributed by atoms with E-state index in [1.807, 2.05) is 0 Å². The summed E-state index contributed by atoms with van der Waals surface area (Å²) >= 11 is 0. The third kappa shape index (κ3) is 17.0. The highest BCUT2D eigenvalue weighted by molar-refractivity contribution is 5.77. The van der Waals surface area contributed by atoms with Crippen LogP contribution in [0.4, 0.5) is 0 Å². The Hall–Kier alpha value is -0.570. The van der Waals surface area contributed by atoms with E-state index in [1.165, 1.54) is 135 Å². The van der Waals surface area contributed by atoms with Gasteiger partial charge in [-0.15, -0.1) is 0 Å². The molecule has 1 rings (SSSR count). The average Bonchev–Trinajstić information content (AvgIpc) is 3.16. The molecule has 0 N–H and O–H groups in total. The minimum atomic E-state index is 0.361. The van der Waals surface area contributed by atoms with Crippen molar-refractivity contribution in [2.24, 2.45) is 0 Å². The van der Waals surface area contributed by atoms with Crippen molar-refractivity contribution in [3.8, 4) is 0 Å². The van der Waals surface area contributed by atoms with E-state index in [-0.39, 0.29) is 0 Å². The highest BCUT2D eigenvalue weighted by atomic mass is 16.2. The molecule has 0 aromatic heterocycles. The summed E-state index contributed by atoms with van der Waals surface area (Å²) in [6, 6.07) is 0. The summed E-state index contributed by atoms with van der Waals surface area (Å²) in [6.45, 7) is 5.37. The third-order valence-electron chi connectivity index (χ3n) is 7.34. The van der Waals surface area contributed by atoms with Crippen molar-refractivity contribution in [2.75, 3.05) is 33.9 Å². The Bertz CT molecular complexity index is 435. The Labute approximate surface area is 202 Å². The molecule has 190 valence electrons. The standard InChI is InChI=1S/C29H59N2O/c1-4-5-6-7-8-9-10-11-12-13-14-15-16-17-18-19-20-21-22-23-27-31(2,3)28-30-26-24-25-29(30)32/h4-28H2,1-3H3/q+1. The molecule has 0 atom stereocenters. The molecule has 0 aromatic rings. The van der Waals surface area contributed by atoms with Gasteiger partial charge in [-0.25, -0.2) is 0 Å². The molecule has 1 aliphatic heterocycles. The van der Waals surface area contributed by atoms with Crippen molar-refractivity contribution in [3.63, 3.8) is 0 Å². The molecule has 1 amide bonds. The lowest BCUT2D eigenvalue weighted by molar-refractivity contribution is -0.899. The summed E-state index contributed by atoms with van der Waals surface area (Å²) in [5.41, 5.74) is 0. The molecule has 0 bridgehead atoms. The lowest BCUT2D eigenvalue weighted by Crippen LogP contribution is -2.49. The second-order valence-electron chi connectivity index (χ2n) is 11.3. The number of hydrogen-bond acceptors (Lipinski definition) is 1. The van der Waals surface area contributed by atoms with Gasteiger partial charge in [0.1, 0.15) is 0 Å². The average molecular weight is 452 g/mol. The molecule has 0 unspecified atom stereocenters. The first kappa shape index (κ1) is 29.5. The maximum Gasteiger partial charge on any atom is 0.226 e. The minimum absolute atomic E-state index is 0.361. The number of quaternary nitrogens is 1. The van der Waals surface area contributed by atoms with Gasteiger partial charge in [-0.1, -0.05) is 122 Å². The van der Waals surface area contributed by atoms with E-state index in [1.54, 1.807) is 0 Å². The van der Waals surface area contributed by atoms with Gasteiger partial charge in [0, 0.05) is 13.0 Å². The molecule has 0 aromatic carbocycles. The number of hydrogen-bond donors (Lipinski definition) is 0. The lowest BCUT2D eigenvalue weighted by atomic mass is 10.0. The Balaban J connectivity index is 1.75. The Morgan fingerprint density at radius 1 is 0.625 bits per heavy atom. The monoisotopic (exact) mass is 451 g/mol. The SMILES string of the molecule is CCCCCCCCCCCCCCCCCCCCCC[N+](C)(C)CN1CCCC1=O. The largest absolute Gasteiger partial charge is 0.311 e. The van der Waals surface area contributed by atoms with Crippen LogP contribution in [0.1, 0.15) is 148 Å². The second kappa shape index (κ2) is 19.9. The Morgan fingerprint density at radius 3 is 1.34 bits per heavy atom. The molecule has 1 fully saturated rings. The highest BCUT2D eigenvalue weighted by Gasteiger charge is 2.26. The van der Waals surface area contributed by atoms with E-state index < -0.39 is 0 Å². The number of unbranched alkanes of at least 4 members (excludes halogenated alkanes) is 19. The fraction of sp³-hybridized carbons (Fsp3) is 0.966. The van der Waals surface area contributed by atoms with Crippen LogP contribution in [0.2, 0.25) is 0 Å². The zero-order chi connectivity index (χ0) is 23.3. The van der Waals surface area contributed by atoms with E-state index >= 15 is 0 Å². The van der Waals surface area contributed by atoms with Crippen LogP contribution in [-0.4, -0.2) is 49.1 Å². The summed E-state index contributed by atoms with van der Waals surface area (Å²) in [5, 5.41) is 0. The minimum Gasteiger partial charge on any atom is -0.311 e. The first-order valence-electron chi connectivity index (χ1n) is 14.6. The van der Waals surface area contributed by atoms with Gasteiger partial charge in [-0.3, -0.25) is 9.69 Å². The van der Waals surface area contributed by atoms with Crippen molar-refractivity contribution in [2.45, 2.75) is 148 Å². The predicted octanol–water partition coefficient (Wildman–Crippen LogP) is 8.46. The van der Waals surface area contributed by atoms with Gasteiger partial charge in [-0.2, -0.15) is 0 Å². The van der Waals surface area contributed by atoms with E-state index in [2.05, 4.69) is 25.9 Å². The summed E-state index contributed by atoms with van der Waals surface area (Å²) in [7, 11) is 4.56. The molecule has 3 nitrogen and oxygen atoms in total. The van der Waals surface area contributed by atoms with E-state index in [0.29, 0.717) is 5.91 Å². The summed E-state index contributed by atoms with van der Waals surface area (Å²) < 4.78 is 0.963. The molecule has 0 spiro atoms. The number of carbonyl (C=O) groups is 1. The molecule has 1 heterocycles. The lowest BCUT2D eigenvalue weighted by Gasteiger charge is -2.33. The maximum atomic E-state index is 11.8. The fourth-order valence-corrected chi connectivity index (χ4v) is 5.18. The van der Waals surface area contributed by atoms with E-state index in [9.17, 15) is 4.79 Å². The van der Waals surface area contributed by atoms with Crippen LogP contribution in [0.25, 0.3) is 0 Å². The molecule has 0 aliphatic carbocycles. The van der Waals surface area contributed by atoms with Crippen LogP contribution in [0.15, 0.2) is 0 Å². The summed E-state index contributed by atoms with van der Waals surface area (Å²) in [6.07, 6.45) is 30.5. The van der Waals surface area contributed by atoms with Crippen LogP contribution >= 0.6 is 0 Å². The van der Waals surface area contributed by atoms with Gasteiger partial charge in [0.25, 0.3) is 0 Å². The topological polar surface area (TPSA) is 20.3 Å². The van der Waals surface area contributed by atoms with Crippen molar-refractivity contribution >= 4 is 5.91 Å². The van der Waals surface area contributed by atoms with Crippen LogP contribution < -0.4 is 0 Å². The molecule has 1 saturated heterocycles. The third-order valence-corrected chi connectivity index (χ3v) is 7.34. The fourth-order valence-electron chi connectivity index (χ4n) is 5.18. The number of amides is 1. The number of likely N-dealkylation sites (tertiary alicyclic amines) is 1. The zero-order valence-corrected chi connectivity index (χ0v) is 22.5. The van der Waals surface area contributed by atoms with Crippen molar-refractivity contribution in [1.82, 2.24) is 4.90 Å². The second-order valence-corrected chi connectivity index (χ2v) is 11.3. The maximum absolute atomic E-state index is 11.8. The number of rotatable bonds is 23. The number of carbonyl (C=O) groups excluding carboxylic acids is 1. The molecule has 1 aliphatic rings. The van der Waals surface area contributed by atoms with Gasteiger partial charge in [-0.05, 0) is 19.3 Å². The van der Waals surface area contributed by atoms with E-state index in [4.69, 9.17) is 0 Å². The molecular weight excluding hydrogens is 392 g/mol. The van der Waals surface area contributed by atoms with Crippen LogP contribution in [0.5, 0.6) is 0 Å². The Kier molecular flexibility index (Phi) is 18.3. The van der Waals surface area contributed by atoms with Gasteiger partial charge in [0.15, 0.2) is 6.67 Å². The van der Waals surface area contributed by atoms with Crippen LogP contribution in [-0.2, 0) is 4.79 Å². The predicted molar refractivity (Wildman–Crippen MR) is 141 cm³/mol. The van der Waals surface area contributed by atoms with Crippen LogP contribution in [0, 0.1) is 0 Å². The first-order chi connectivity index (χ1) is 15.5. The van der Waals surface area contributed by atoms with Gasteiger partial charge >= 0.3 is 0 Å². The van der Waals surface area contributed by atoms with Crippen molar-refractivity contribution in [1.29, 1.82) is 0 Å². The highest BCUT2D eigenvalue weighted by Crippen LogP contribution is 2.16. The quantitative estimate of drug-likeness (QED) is 0.113. The molecule has 0 saturated carbocycles. The molecule has 0 radical (unpaired) electrons.